The van der Waals surface area contributed by atoms with E-state index in [0.29, 0.717) is 18.5 Å². The molecule has 0 aliphatic rings. The van der Waals surface area contributed by atoms with Gasteiger partial charge in [0.2, 0.25) is 0 Å². The number of rotatable bonds is 7. The first-order chi connectivity index (χ1) is 8.49. The van der Waals surface area contributed by atoms with Crippen molar-refractivity contribution in [2.45, 2.75) is 19.8 Å². The number of aromatic hydroxyl groups is 2. The second kappa shape index (κ2) is 6.05. The maximum Gasteiger partial charge on any atom is 0.126 e. The van der Waals surface area contributed by atoms with Crippen LogP contribution in [0.4, 0.5) is 0 Å². The highest BCUT2D eigenvalue weighted by Gasteiger charge is 2.23. The van der Waals surface area contributed by atoms with Crippen LogP contribution >= 0.6 is 0 Å². The van der Waals surface area contributed by atoms with Gasteiger partial charge < -0.3 is 24.5 Å². The fourth-order valence-electron chi connectivity index (χ4n) is 1.45. The predicted molar refractivity (Wildman–Crippen MR) is 64.7 cm³/mol. The molecule has 2 N–H and O–H groups in total. The number of aldehydes is 2. The maximum atomic E-state index is 10.9. The van der Waals surface area contributed by atoms with Crippen LogP contribution in [-0.2, 0) is 9.59 Å². The molecule has 0 radical (unpaired) electrons. The van der Waals surface area contributed by atoms with Crippen molar-refractivity contribution in [2.75, 3.05) is 6.61 Å². The zero-order chi connectivity index (χ0) is 13.6. The van der Waals surface area contributed by atoms with E-state index in [4.69, 9.17) is 4.74 Å². The molecular formula is C13H16O5. The van der Waals surface area contributed by atoms with Gasteiger partial charge in [-0.15, -0.1) is 0 Å². The Bertz CT molecular complexity index is 409. The van der Waals surface area contributed by atoms with Gasteiger partial charge >= 0.3 is 0 Å². The van der Waals surface area contributed by atoms with Crippen molar-refractivity contribution < 1.29 is 24.5 Å². The zero-order valence-corrected chi connectivity index (χ0v) is 10.1. The Labute approximate surface area is 105 Å². The average molecular weight is 252 g/mol. The number of hydrogen-bond acceptors (Lipinski definition) is 5. The van der Waals surface area contributed by atoms with E-state index in [1.807, 2.05) is 0 Å². The van der Waals surface area contributed by atoms with E-state index >= 15 is 0 Å². The standard InChI is InChI=1S/C13H16O5/c1-13(9-15,2-4-14)3-5-18-12-7-10(16)6-11(17)8-12/h4,6-9,16-17H,2-3,5H2,1H3. The van der Waals surface area contributed by atoms with Crippen LogP contribution in [-0.4, -0.2) is 29.4 Å². The lowest BCUT2D eigenvalue weighted by Crippen LogP contribution is -2.22. The molecule has 1 rings (SSSR count). The van der Waals surface area contributed by atoms with Crippen LogP contribution in [0.15, 0.2) is 18.2 Å². The van der Waals surface area contributed by atoms with E-state index < -0.39 is 5.41 Å². The van der Waals surface area contributed by atoms with Crippen LogP contribution in [0.1, 0.15) is 19.8 Å². The summed E-state index contributed by atoms with van der Waals surface area (Å²) < 4.78 is 5.32. The molecule has 18 heavy (non-hydrogen) atoms. The Kier molecular flexibility index (Phi) is 4.71. The second-order valence-corrected chi connectivity index (χ2v) is 4.43. The molecule has 1 aromatic carbocycles. The molecule has 98 valence electrons. The van der Waals surface area contributed by atoms with Gasteiger partial charge in [0.15, 0.2) is 0 Å². The quantitative estimate of drug-likeness (QED) is 0.721. The van der Waals surface area contributed by atoms with Crippen LogP contribution in [0, 0.1) is 5.41 Å². The van der Waals surface area contributed by atoms with E-state index in [0.717, 1.165) is 6.29 Å². The van der Waals surface area contributed by atoms with Crippen LogP contribution < -0.4 is 4.74 Å². The van der Waals surface area contributed by atoms with Crippen molar-refractivity contribution in [2.24, 2.45) is 5.41 Å². The largest absolute Gasteiger partial charge is 0.508 e. The van der Waals surface area contributed by atoms with Gasteiger partial charge in [-0.25, -0.2) is 0 Å². The predicted octanol–water partition coefficient (Wildman–Crippen LogP) is 1.66. The Morgan fingerprint density at radius 2 is 1.83 bits per heavy atom. The van der Waals surface area contributed by atoms with Gasteiger partial charge in [0, 0.05) is 30.0 Å². The first-order valence-electron chi connectivity index (χ1n) is 5.55. The van der Waals surface area contributed by atoms with Crippen molar-refractivity contribution >= 4 is 12.6 Å². The second-order valence-electron chi connectivity index (χ2n) is 4.43. The fraction of sp³-hybridized carbons (Fsp3) is 0.385. The van der Waals surface area contributed by atoms with Crippen LogP contribution in [0.5, 0.6) is 17.2 Å². The maximum absolute atomic E-state index is 10.9. The number of phenols is 2. The monoisotopic (exact) mass is 252 g/mol. The molecule has 0 aliphatic carbocycles. The number of ether oxygens (including phenoxy) is 1. The van der Waals surface area contributed by atoms with Gasteiger partial charge in [0.25, 0.3) is 0 Å². The molecule has 5 heteroatoms. The Morgan fingerprint density at radius 1 is 1.22 bits per heavy atom. The topological polar surface area (TPSA) is 83.8 Å². The van der Waals surface area contributed by atoms with E-state index in [2.05, 4.69) is 0 Å². The third-order valence-electron chi connectivity index (χ3n) is 2.65. The van der Waals surface area contributed by atoms with Crippen molar-refractivity contribution in [1.82, 2.24) is 0 Å². The number of benzene rings is 1. The number of phenolic OH excluding ortho intramolecular Hbond substituents is 2. The number of carbonyl (C=O) groups is 2. The van der Waals surface area contributed by atoms with Crippen molar-refractivity contribution in [3.05, 3.63) is 18.2 Å². The molecule has 0 aliphatic heterocycles. The highest BCUT2D eigenvalue weighted by molar-refractivity contribution is 5.65. The molecule has 0 saturated carbocycles. The molecule has 0 saturated heterocycles. The molecule has 0 heterocycles. The van der Waals surface area contributed by atoms with Crippen LogP contribution in [0.3, 0.4) is 0 Å². The Balaban J connectivity index is 2.55. The third-order valence-corrected chi connectivity index (χ3v) is 2.65. The smallest absolute Gasteiger partial charge is 0.126 e. The van der Waals surface area contributed by atoms with E-state index in [-0.39, 0.29) is 24.5 Å². The van der Waals surface area contributed by atoms with E-state index in [9.17, 15) is 19.8 Å². The SMILES string of the molecule is CC(C=O)(CC=O)CCOc1cc(O)cc(O)c1. The summed E-state index contributed by atoms with van der Waals surface area (Å²) in [5.74, 6) is 0.110. The first kappa shape index (κ1) is 14.0. The summed E-state index contributed by atoms with van der Waals surface area (Å²) in [4.78, 5) is 21.3. The van der Waals surface area contributed by atoms with Crippen LogP contribution in [0.25, 0.3) is 0 Å². The van der Waals surface area contributed by atoms with Crippen molar-refractivity contribution in [3.63, 3.8) is 0 Å². The molecule has 1 aromatic rings. The average Bonchev–Trinajstić information content (AvgIpc) is 2.28. The minimum Gasteiger partial charge on any atom is -0.508 e. The molecule has 0 fully saturated rings. The van der Waals surface area contributed by atoms with Gasteiger partial charge in [0.05, 0.1) is 6.61 Å². The minimum atomic E-state index is -0.735. The third kappa shape index (κ3) is 4.08. The summed E-state index contributed by atoms with van der Waals surface area (Å²) in [5.41, 5.74) is -0.735. The normalized spacial score (nSPS) is 13.6. The van der Waals surface area contributed by atoms with E-state index in [1.54, 1.807) is 6.92 Å². The first-order valence-corrected chi connectivity index (χ1v) is 5.55. The fourth-order valence-corrected chi connectivity index (χ4v) is 1.45. The van der Waals surface area contributed by atoms with Gasteiger partial charge in [0.1, 0.15) is 29.8 Å². The minimum absolute atomic E-state index is 0.101. The molecular weight excluding hydrogens is 236 g/mol. The Morgan fingerprint density at radius 3 is 2.33 bits per heavy atom. The summed E-state index contributed by atoms with van der Waals surface area (Å²) in [7, 11) is 0. The van der Waals surface area contributed by atoms with Gasteiger partial charge in [-0.3, -0.25) is 0 Å². The number of hydrogen-bond donors (Lipinski definition) is 2. The summed E-state index contributed by atoms with van der Waals surface area (Å²) in [6.07, 6.45) is 1.97. The lowest BCUT2D eigenvalue weighted by Gasteiger charge is -2.20. The Hall–Kier alpha value is -2.04. The van der Waals surface area contributed by atoms with Gasteiger partial charge in [-0.05, 0) is 6.42 Å². The number of carbonyl (C=O) groups excluding carboxylic acids is 2. The molecule has 0 aromatic heterocycles. The molecule has 0 spiro atoms. The molecule has 1 unspecified atom stereocenters. The summed E-state index contributed by atoms with van der Waals surface area (Å²) in [6.45, 7) is 1.89. The van der Waals surface area contributed by atoms with Crippen molar-refractivity contribution in [1.29, 1.82) is 0 Å². The molecule has 0 bridgehead atoms. The van der Waals surface area contributed by atoms with Crippen molar-refractivity contribution in [3.8, 4) is 17.2 Å². The van der Waals surface area contributed by atoms with Gasteiger partial charge in [-0.2, -0.15) is 0 Å². The summed E-state index contributed by atoms with van der Waals surface area (Å²) in [5, 5.41) is 18.5. The zero-order valence-electron chi connectivity index (χ0n) is 10.1. The lowest BCUT2D eigenvalue weighted by atomic mass is 9.86. The highest BCUT2D eigenvalue weighted by Crippen LogP contribution is 2.27. The summed E-state index contributed by atoms with van der Waals surface area (Å²) in [6, 6.07) is 3.91. The molecule has 5 nitrogen and oxygen atoms in total. The highest BCUT2D eigenvalue weighted by atomic mass is 16.5. The molecule has 1 atom stereocenters. The van der Waals surface area contributed by atoms with E-state index in [1.165, 1.54) is 18.2 Å². The van der Waals surface area contributed by atoms with Gasteiger partial charge in [-0.1, -0.05) is 6.92 Å². The molecule has 0 amide bonds. The summed E-state index contributed by atoms with van der Waals surface area (Å²) >= 11 is 0. The lowest BCUT2D eigenvalue weighted by molar-refractivity contribution is -0.120. The van der Waals surface area contributed by atoms with Crippen LogP contribution in [0.2, 0.25) is 0 Å².